The van der Waals surface area contributed by atoms with E-state index in [1.807, 2.05) is 25.1 Å². The fourth-order valence-electron chi connectivity index (χ4n) is 3.01. The standard InChI is InChI=1S/C17H21BrN4O3S2/c1-21(2)16-13(4-3-9-19-16)20-17(23)12-7-10-22(11-8-12)27(24,25)15-6-5-14(18)26-15/h3-6,9,12H,7-8,10-11H2,1-2H3,(H,20,23). The number of carbonyl (C=O) groups is 1. The number of hydrogen-bond donors (Lipinski definition) is 1. The van der Waals surface area contributed by atoms with E-state index < -0.39 is 10.0 Å². The minimum Gasteiger partial charge on any atom is -0.361 e. The quantitative estimate of drug-likeness (QED) is 0.722. The Kier molecular flexibility index (Phi) is 6.19. The van der Waals surface area contributed by atoms with Crippen molar-refractivity contribution >= 4 is 54.7 Å². The Bertz CT molecular complexity index is 922. The van der Waals surface area contributed by atoms with Gasteiger partial charge in [-0.05, 0) is 53.0 Å². The van der Waals surface area contributed by atoms with Gasteiger partial charge in [-0.3, -0.25) is 4.79 Å². The molecule has 7 nitrogen and oxygen atoms in total. The molecule has 1 aliphatic heterocycles. The lowest BCUT2D eigenvalue weighted by Gasteiger charge is -2.30. The number of nitrogens with one attached hydrogen (secondary N) is 1. The first-order valence-electron chi connectivity index (χ1n) is 8.47. The van der Waals surface area contributed by atoms with Crippen LogP contribution in [0.25, 0.3) is 0 Å². The predicted molar refractivity (Wildman–Crippen MR) is 111 cm³/mol. The Hall–Kier alpha value is -1.49. The number of amides is 1. The lowest BCUT2D eigenvalue weighted by Crippen LogP contribution is -2.41. The maximum atomic E-state index is 12.7. The minimum absolute atomic E-state index is 0.0954. The van der Waals surface area contributed by atoms with Crippen LogP contribution >= 0.6 is 27.3 Å². The second kappa shape index (κ2) is 8.26. The molecule has 27 heavy (non-hydrogen) atoms. The molecule has 3 heterocycles. The topological polar surface area (TPSA) is 82.6 Å². The zero-order chi connectivity index (χ0) is 19.6. The summed E-state index contributed by atoms with van der Waals surface area (Å²) >= 11 is 4.50. The number of thiophene rings is 1. The molecule has 0 bridgehead atoms. The Balaban J connectivity index is 1.63. The van der Waals surface area contributed by atoms with E-state index in [2.05, 4.69) is 26.2 Å². The largest absolute Gasteiger partial charge is 0.361 e. The van der Waals surface area contributed by atoms with Gasteiger partial charge in [0.25, 0.3) is 10.0 Å². The van der Waals surface area contributed by atoms with E-state index in [0.29, 0.717) is 41.6 Å². The van der Waals surface area contributed by atoms with Gasteiger partial charge in [0.05, 0.1) is 9.47 Å². The van der Waals surface area contributed by atoms with E-state index in [4.69, 9.17) is 0 Å². The number of sulfonamides is 1. The maximum absolute atomic E-state index is 12.7. The summed E-state index contributed by atoms with van der Waals surface area (Å²) in [5.41, 5.74) is 0.658. The first-order valence-corrected chi connectivity index (χ1v) is 11.5. The summed E-state index contributed by atoms with van der Waals surface area (Å²) in [5, 5.41) is 2.93. The van der Waals surface area contributed by atoms with Gasteiger partial charge in [0.15, 0.2) is 5.82 Å². The average Bonchev–Trinajstić information content (AvgIpc) is 3.09. The van der Waals surface area contributed by atoms with Crippen LogP contribution in [0.15, 0.2) is 38.5 Å². The number of piperidine rings is 1. The summed E-state index contributed by atoms with van der Waals surface area (Å²) < 4.78 is 27.9. The van der Waals surface area contributed by atoms with Crippen LogP contribution in [0.2, 0.25) is 0 Å². The number of hydrogen-bond acceptors (Lipinski definition) is 6. The molecule has 1 aliphatic rings. The number of halogens is 1. The summed E-state index contributed by atoms with van der Waals surface area (Å²) in [6.07, 6.45) is 2.67. The first kappa shape index (κ1) is 20.2. The lowest BCUT2D eigenvalue weighted by molar-refractivity contribution is -0.120. The highest BCUT2D eigenvalue weighted by atomic mass is 79.9. The molecule has 1 saturated heterocycles. The lowest BCUT2D eigenvalue weighted by atomic mass is 9.97. The number of carbonyl (C=O) groups excluding carboxylic acids is 1. The fraction of sp³-hybridized carbons (Fsp3) is 0.412. The monoisotopic (exact) mass is 472 g/mol. The molecule has 0 unspecified atom stereocenters. The van der Waals surface area contributed by atoms with Crippen molar-refractivity contribution in [3.05, 3.63) is 34.2 Å². The highest BCUT2D eigenvalue weighted by Crippen LogP contribution is 2.31. The average molecular weight is 473 g/mol. The number of rotatable bonds is 5. The molecule has 0 radical (unpaired) electrons. The van der Waals surface area contributed by atoms with Crippen LogP contribution in [0, 0.1) is 5.92 Å². The van der Waals surface area contributed by atoms with Crippen molar-refractivity contribution in [2.75, 3.05) is 37.4 Å². The molecular formula is C17H21BrN4O3S2. The Morgan fingerprint density at radius 3 is 2.59 bits per heavy atom. The van der Waals surface area contributed by atoms with Crippen LogP contribution in [0.1, 0.15) is 12.8 Å². The second-order valence-corrected chi connectivity index (χ2v) is 11.1. The SMILES string of the molecule is CN(C)c1ncccc1NC(=O)C1CCN(S(=O)(=O)c2ccc(Br)s2)CC1. The van der Waals surface area contributed by atoms with Gasteiger partial charge >= 0.3 is 0 Å². The van der Waals surface area contributed by atoms with Gasteiger partial charge in [0, 0.05) is 39.3 Å². The number of nitrogens with zero attached hydrogens (tertiary/aromatic N) is 3. The normalized spacial score (nSPS) is 16.3. The second-order valence-electron chi connectivity index (χ2n) is 6.50. The van der Waals surface area contributed by atoms with Crippen molar-refractivity contribution in [1.29, 1.82) is 0 Å². The van der Waals surface area contributed by atoms with Gasteiger partial charge in [-0.25, -0.2) is 13.4 Å². The van der Waals surface area contributed by atoms with Crippen LogP contribution < -0.4 is 10.2 Å². The van der Waals surface area contributed by atoms with Crippen LogP contribution in [0.4, 0.5) is 11.5 Å². The van der Waals surface area contributed by atoms with Crippen molar-refractivity contribution in [2.24, 2.45) is 5.92 Å². The van der Waals surface area contributed by atoms with Gasteiger partial charge in [-0.15, -0.1) is 11.3 Å². The summed E-state index contributed by atoms with van der Waals surface area (Å²) in [7, 11) is 0.237. The van der Waals surface area contributed by atoms with Gasteiger partial charge in [0.1, 0.15) is 4.21 Å². The molecule has 0 saturated carbocycles. The first-order chi connectivity index (χ1) is 12.8. The molecule has 0 spiro atoms. The van der Waals surface area contributed by atoms with Crippen molar-refractivity contribution in [1.82, 2.24) is 9.29 Å². The predicted octanol–water partition coefficient (Wildman–Crippen LogP) is 3.01. The zero-order valence-electron chi connectivity index (χ0n) is 15.1. The van der Waals surface area contributed by atoms with E-state index in [9.17, 15) is 13.2 Å². The molecular weight excluding hydrogens is 452 g/mol. The third-order valence-corrected chi connectivity index (χ3v) is 8.43. The highest BCUT2D eigenvalue weighted by molar-refractivity contribution is 9.11. The van der Waals surface area contributed by atoms with Crippen molar-refractivity contribution < 1.29 is 13.2 Å². The van der Waals surface area contributed by atoms with Crippen LogP contribution in [0.5, 0.6) is 0 Å². The third-order valence-electron chi connectivity index (χ3n) is 4.44. The van der Waals surface area contributed by atoms with E-state index in [1.165, 1.54) is 15.6 Å². The van der Waals surface area contributed by atoms with Crippen LogP contribution in [-0.4, -0.2) is 50.8 Å². The van der Waals surface area contributed by atoms with Gasteiger partial charge < -0.3 is 10.2 Å². The van der Waals surface area contributed by atoms with Gasteiger partial charge in [-0.1, -0.05) is 0 Å². The minimum atomic E-state index is -3.49. The number of aromatic nitrogens is 1. The molecule has 1 amide bonds. The van der Waals surface area contributed by atoms with E-state index in [0.717, 1.165) is 3.79 Å². The fourth-order valence-corrected chi connectivity index (χ4v) is 6.64. The van der Waals surface area contributed by atoms with Crippen molar-refractivity contribution in [2.45, 2.75) is 17.1 Å². The van der Waals surface area contributed by atoms with Gasteiger partial charge in [0.2, 0.25) is 5.91 Å². The molecule has 3 rings (SSSR count). The molecule has 1 fully saturated rings. The summed E-state index contributed by atoms with van der Waals surface area (Å²) in [4.78, 5) is 18.8. The Morgan fingerprint density at radius 2 is 2.00 bits per heavy atom. The number of pyridine rings is 1. The van der Waals surface area contributed by atoms with Gasteiger partial charge in [-0.2, -0.15) is 4.31 Å². The van der Waals surface area contributed by atoms with Crippen LogP contribution in [-0.2, 0) is 14.8 Å². The van der Waals surface area contributed by atoms with Crippen LogP contribution in [0.3, 0.4) is 0 Å². The molecule has 0 aromatic carbocycles. The van der Waals surface area contributed by atoms with Crippen molar-refractivity contribution in [3.63, 3.8) is 0 Å². The van der Waals surface area contributed by atoms with E-state index in [-0.39, 0.29) is 11.8 Å². The van der Waals surface area contributed by atoms with E-state index >= 15 is 0 Å². The highest BCUT2D eigenvalue weighted by Gasteiger charge is 2.33. The summed E-state index contributed by atoms with van der Waals surface area (Å²) in [6.45, 7) is 0.674. The molecule has 0 aliphatic carbocycles. The number of anilines is 2. The Labute approximate surface area is 171 Å². The molecule has 2 aromatic heterocycles. The summed E-state index contributed by atoms with van der Waals surface area (Å²) in [5.74, 6) is 0.373. The molecule has 146 valence electrons. The van der Waals surface area contributed by atoms with E-state index in [1.54, 1.807) is 24.4 Å². The molecule has 1 N–H and O–H groups in total. The van der Waals surface area contributed by atoms with Crippen molar-refractivity contribution in [3.8, 4) is 0 Å². The third kappa shape index (κ3) is 4.50. The maximum Gasteiger partial charge on any atom is 0.252 e. The molecule has 2 aromatic rings. The molecule has 10 heteroatoms. The molecule has 0 atom stereocenters. The smallest absolute Gasteiger partial charge is 0.252 e. The Morgan fingerprint density at radius 1 is 1.30 bits per heavy atom. The zero-order valence-corrected chi connectivity index (χ0v) is 18.3. The summed E-state index contributed by atoms with van der Waals surface area (Å²) in [6, 6.07) is 6.92.